The Hall–Kier alpha value is -2.43. The van der Waals surface area contributed by atoms with Gasteiger partial charge in [-0.3, -0.25) is 19.8 Å². The quantitative estimate of drug-likeness (QED) is 0.304. The number of anilines is 2. The number of morpholine rings is 1. The van der Waals surface area contributed by atoms with E-state index in [2.05, 4.69) is 0 Å². The Balaban J connectivity index is 2.29. The van der Waals surface area contributed by atoms with Crippen molar-refractivity contribution in [3.63, 3.8) is 0 Å². The Morgan fingerprint density at radius 2 is 2.07 bits per heavy atom. The number of nitrogens with zero attached hydrogens (tertiary/aromatic N) is 3. The molecule has 0 aromatic heterocycles. The molecule has 0 saturated carbocycles. The van der Waals surface area contributed by atoms with Crippen LogP contribution in [0, 0.1) is 10.1 Å². The standard InChI is InChI=1S/C17H26N4O6/c1-12(20-4-6-26-7-5-20)17(22)19(2)15-11-14(21(23)24)13(18)10-16(15)27-9-8-25-3/h10-12H,4-9,18H2,1-3H3/t12-/m0/s1. The lowest BCUT2D eigenvalue weighted by Gasteiger charge is -2.33. The highest BCUT2D eigenvalue weighted by Gasteiger charge is 2.29. The van der Waals surface area contributed by atoms with Gasteiger partial charge in [-0.15, -0.1) is 0 Å². The summed E-state index contributed by atoms with van der Waals surface area (Å²) in [6.45, 7) is 4.81. The molecule has 1 aromatic carbocycles. The van der Waals surface area contributed by atoms with Crippen molar-refractivity contribution in [1.82, 2.24) is 4.90 Å². The average Bonchev–Trinajstić information content (AvgIpc) is 2.67. The van der Waals surface area contributed by atoms with E-state index in [0.29, 0.717) is 38.7 Å². The fourth-order valence-electron chi connectivity index (χ4n) is 2.86. The second kappa shape index (κ2) is 9.49. The van der Waals surface area contributed by atoms with Crippen LogP contribution in [0.1, 0.15) is 6.92 Å². The van der Waals surface area contributed by atoms with Gasteiger partial charge in [-0.05, 0) is 6.92 Å². The van der Waals surface area contributed by atoms with Crippen LogP contribution in [0.4, 0.5) is 17.1 Å². The number of benzene rings is 1. The van der Waals surface area contributed by atoms with Crippen molar-refractivity contribution in [2.45, 2.75) is 13.0 Å². The minimum absolute atomic E-state index is 0.0294. The molecule has 0 aliphatic carbocycles. The summed E-state index contributed by atoms with van der Waals surface area (Å²) in [4.78, 5) is 27.0. The molecule has 2 N–H and O–H groups in total. The van der Waals surface area contributed by atoms with Gasteiger partial charge in [0.15, 0.2) is 0 Å². The molecule has 150 valence electrons. The molecule has 0 unspecified atom stereocenters. The largest absolute Gasteiger partial charge is 0.489 e. The highest BCUT2D eigenvalue weighted by atomic mass is 16.6. The molecule has 1 saturated heterocycles. The second-order valence-electron chi connectivity index (χ2n) is 6.20. The van der Waals surface area contributed by atoms with Crippen LogP contribution in [0.5, 0.6) is 5.75 Å². The predicted octanol–water partition coefficient (Wildman–Crippen LogP) is 0.886. The number of carbonyl (C=O) groups is 1. The highest BCUT2D eigenvalue weighted by Crippen LogP contribution is 2.37. The van der Waals surface area contributed by atoms with E-state index in [1.165, 1.54) is 24.1 Å². The van der Waals surface area contributed by atoms with E-state index in [0.717, 1.165) is 0 Å². The first-order chi connectivity index (χ1) is 12.9. The lowest BCUT2D eigenvalue weighted by molar-refractivity contribution is -0.383. The molecule has 0 radical (unpaired) electrons. The van der Waals surface area contributed by atoms with E-state index in [1.54, 1.807) is 14.0 Å². The summed E-state index contributed by atoms with van der Waals surface area (Å²) in [5, 5.41) is 11.3. The van der Waals surface area contributed by atoms with Crippen LogP contribution in [-0.4, -0.2) is 75.4 Å². The van der Waals surface area contributed by atoms with Gasteiger partial charge in [-0.2, -0.15) is 0 Å². The molecule has 27 heavy (non-hydrogen) atoms. The molecule has 0 bridgehead atoms. The van der Waals surface area contributed by atoms with Crippen LogP contribution in [0.2, 0.25) is 0 Å². The van der Waals surface area contributed by atoms with Gasteiger partial charge in [0.2, 0.25) is 5.91 Å². The number of amides is 1. The van der Waals surface area contributed by atoms with Gasteiger partial charge >= 0.3 is 0 Å². The summed E-state index contributed by atoms with van der Waals surface area (Å²) < 4.78 is 15.9. The first kappa shape index (κ1) is 20.9. The lowest BCUT2D eigenvalue weighted by atomic mass is 10.1. The zero-order valence-electron chi connectivity index (χ0n) is 15.8. The average molecular weight is 382 g/mol. The summed E-state index contributed by atoms with van der Waals surface area (Å²) in [5.74, 6) is 0.0905. The van der Waals surface area contributed by atoms with E-state index in [-0.39, 0.29) is 29.6 Å². The van der Waals surface area contributed by atoms with Gasteiger partial charge in [0.1, 0.15) is 18.0 Å². The SMILES string of the molecule is COCCOc1cc(N)c([N+](=O)[O-])cc1N(C)C(=O)[C@H](C)N1CCOCC1. The number of nitro groups is 1. The molecule has 1 heterocycles. The monoisotopic (exact) mass is 382 g/mol. The minimum Gasteiger partial charge on any atom is -0.489 e. The summed E-state index contributed by atoms with van der Waals surface area (Å²) in [7, 11) is 3.10. The van der Waals surface area contributed by atoms with Crippen LogP contribution in [-0.2, 0) is 14.3 Å². The molecule has 1 amide bonds. The van der Waals surface area contributed by atoms with Crippen molar-refractivity contribution in [3.05, 3.63) is 22.2 Å². The van der Waals surface area contributed by atoms with Crippen LogP contribution in [0.25, 0.3) is 0 Å². The Labute approximate surface area is 157 Å². The molecule has 2 rings (SSSR count). The van der Waals surface area contributed by atoms with Crippen molar-refractivity contribution in [1.29, 1.82) is 0 Å². The van der Waals surface area contributed by atoms with Gasteiger partial charge < -0.3 is 24.8 Å². The van der Waals surface area contributed by atoms with Crippen LogP contribution >= 0.6 is 0 Å². The lowest BCUT2D eigenvalue weighted by Crippen LogP contribution is -2.50. The Kier molecular flexibility index (Phi) is 7.34. The maximum atomic E-state index is 13.0. The third-order valence-corrected chi connectivity index (χ3v) is 4.49. The molecule has 1 aliphatic heterocycles. The minimum atomic E-state index is -0.582. The summed E-state index contributed by atoms with van der Waals surface area (Å²) >= 11 is 0. The Morgan fingerprint density at radius 3 is 2.67 bits per heavy atom. The molecular formula is C17H26N4O6. The number of likely N-dealkylation sites (N-methyl/N-ethyl adjacent to an activating group) is 1. The smallest absolute Gasteiger partial charge is 0.294 e. The van der Waals surface area contributed by atoms with Crippen molar-refractivity contribution in [2.24, 2.45) is 0 Å². The number of nitrogens with two attached hydrogens (primary N) is 1. The van der Waals surface area contributed by atoms with Crippen molar-refractivity contribution < 1.29 is 23.9 Å². The second-order valence-corrected chi connectivity index (χ2v) is 6.20. The fraction of sp³-hybridized carbons (Fsp3) is 0.588. The normalized spacial score (nSPS) is 16.0. The van der Waals surface area contributed by atoms with E-state index in [4.69, 9.17) is 19.9 Å². The van der Waals surface area contributed by atoms with E-state index in [9.17, 15) is 14.9 Å². The Bertz CT molecular complexity index is 678. The first-order valence-corrected chi connectivity index (χ1v) is 8.65. The summed E-state index contributed by atoms with van der Waals surface area (Å²) in [6, 6.07) is 2.23. The maximum Gasteiger partial charge on any atom is 0.294 e. The van der Waals surface area contributed by atoms with Crippen LogP contribution in [0.3, 0.4) is 0 Å². The molecular weight excluding hydrogens is 356 g/mol. The Morgan fingerprint density at radius 1 is 1.41 bits per heavy atom. The molecule has 10 nitrogen and oxygen atoms in total. The van der Waals surface area contributed by atoms with Crippen molar-refractivity contribution in [2.75, 3.05) is 64.3 Å². The molecule has 1 aliphatic rings. The number of hydrogen-bond acceptors (Lipinski definition) is 8. The zero-order chi connectivity index (χ0) is 20.0. The van der Waals surface area contributed by atoms with E-state index >= 15 is 0 Å². The highest BCUT2D eigenvalue weighted by molar-refractivity contribution is 5.98. The van der Waals surface area contributed by atoms with Crippen LogP contribution in [0.15, 0.2) is 12.1 Å². The summed E-state index contributed by atoms with van der Waals surface area (Å²) in [6.07, 6.45) is 0. The summed E-state index contributed by atoms with van der Waals surface area (Å²) in [5.41, 5.74) is 5.75. The zero-order valence-corrected chi connectivity index (χ0v) is 15.8. The van der Waals surface area contributed by atoms with E-state index < -0.39 is 11.0 Å². The molecule has 0 spiro atoms. The number of hydrogen-bond donors (Lipinski definition) is 1. The van der Waals surface area contributed by atoms with E-state index in [1.807, 2.05) is 4.90 Å². The number of rotatable bonds is 8. The molecule has 1 atom stereocenters. The van der Waals surface area contributed by atoms with Gasteiger partial charge in [0.05, 0.1) is 36.5 Å². The third kappa shape index (κ3) is 5.06. The molecule has 10 heteroatoms. The first-order valence-electron chi connectivity index (χ1n) is 8.65. The number of methoxy groups -OCH3 is 1. The van der Waals surface area contributed by atoms with Gasteiger partial charge in [0, 0.05) is 39.4 Å². The third-order valence-electron chi connectivity index (χ3n) is 4.49. The fourth-order valence-corrected chi connectivity index (χ4v) is 2.86. The van der Waals surface area contributed by atoms with Gasteiger partial charge in [-0.1, -0.05) is 0 Å². The van der Waals surface area contributed by atoms with Crippen molar-refractivity contribution in [3.8, 4) is 5.75 Å². The van der Waals surface area contributed by atoms with Crippen molar-refractivity contribution >= 4 is 23.0 Å². The molecule has 1 fully saturated rings. The topological polar surface area (TPSA) is 120 Å². The van der Waals surface area contributed by atoms with Crippen LogP contribution < -0.4 is 15.4 Å². The van der Waals surface area contributed by atoms with Gasteiger partial charge in [0.25, 0.3) is 5.69 Å². The predicted molar refractivity (Wildman–Crippen MR) is 100 cm³/mol. The maximum absolute atomic E-state index is 13.0. The van der Waals surface area contributed by atoms with Gasteiger partial charge in [-0.25, -0.2) is 0 Å². The number of ether oxygens (including phenoxy) is 3. The number of nitrogen functional groups attached to an aromatic ring is 1. The molecule has 1 aromatic rings. The number of nitro benzene ring substituents is 1. The number of carbonyl (C=O) groups excluding carboxylic acids is 1.